The maximum atomic E-state index is 11.3. The van der Waals surface area contributed by atoms with E-state index in [1.54, 1.807) is 7.11 Å². The van der Waals surface area contributed by atoms with Gasteiger partial charge in [-0.05, 0) is 18.1 Å². The molecule has 0 aliphatic heterocycles. The lowest BCUT2D eigenvalue weighted by molar-refractivity contribution is -0.120. The van der Waals surface area contributed by atoms with Crippen molar-refractivity contribution in [1.29, 1.82) is 0 Å². The van der Waals surface area contributed by atoms with Gasteiger partial charge in [0.15, 0.2) is 0 Å². The molecule has 0 bridgehead atoms. The highest BCUT2D eigenvalue weighted by Gasteiger charge is 2.01. The molecule has 0 aliphatic carbocycles. The first kappa shape index (κ1) is 11.7. The van der Waals surface area contributed by atoms with Crippen LogP contribution in [0.1, 0.15) is 18.1 Å². The van der Waals surface area contributed by atoms with E-state index >= 15 is 0 Å². The minimum Gasteiger partial charge on any atom is -0.380 e. The molecule has 0 radical (unpaired) electrons. The molecule has 82 valence electrons. The largest absolute Gasteiger partial charge is 0.380 e. The Morgan fingerprint density at radius 2 is 1.87 bits per heavy atom. The molecule has 0 aliphatic rings. The fourth-order valence-corrected chi connectivity index (χ4v) is 1.37. The van der Waals surface area contributed by atoms with E-state index in [-0.39, 0.29) is 5.91 Å². The van der Waals surface area contributed by atoms with Crippen molar-refractivity contribution in [2.75, 3.05) is 13.7 Å². The zero-order valence-corrected chi connectivity index (χ0v) is 9.25. The van der Waals surface area contributed by atoms with Gasteiger partial charge >= 0.3 is 0 Å². The number of benzene rings is 1. The molecule has 0 saturated heterocycles. The molecule has 0 atom stereocenters. The van der Waals surface area contributed by atoms with E-state index in [1.165, 1.54) is 0 Å². The second-order valence-corrected chi connectivity index (χ2v) is 3.38. The van der Waals surface area contributed by atoms with Crippen molar-refractivity contribution >= 4 is 5.91 Å². The van der Waals surface area contributed by atoms with Gasteiger partial charge in [-0.15, -0.1) is 0 Å². The van der Waals surface area contributed by atoms with E-state index in [9.17, 15) is 4.79 Å². The number of rotatable bonds is 5. The number of hydrogen-bond acceptors (Lipinski definition) is 2. The number of nitrogens with one attached hydrogen (secondary N) is 1. The Morgan fingerprint density at radius 3 is 2.40 bits per heavy atom. The fraction of sp³-hybridized carbons (Fsp3) is 0.417. The van der Waals surface area contributed by atoms with Crippen LogP contribution in [-0.2, 0) is 22.6 Å². The van der Waals surface area contributed by atoms with Crippen LogP contribution >= 0.6 is 0 Å². The van der Waals surface area contributed by atoms with Crippen LogP contribution in [-0.4, -0.2) is 19.6 Å². The number of carbonyl (C=O) groups excluding carboxylic acids is 1. The lowest BCUT2D eigenvalue weighted by Gasteiger charge is -2.04. The molecule has 15 heavy (non-hydrogen) atoms. The van der Waals surface area contributed by atoms with Crippen LogP contribution in [0.25, 0.3) is 0 Å². The topological polar surface area (TPSA) is 38.3 Å². The number of methoxy groups -OCH3 is 1. The summed E-state index contributed by atoms with van der Waals surface area (Å²) < 4.78 is 5.01. The van der Waals surface area contributed by atoms with Crippen molar-refractivity contribution in [1.82, 2.24) is 5.32 Å². The monoisotopic (exact) mass is 207 g/mol. The van der Waals surface area contributed by atoms with Gasteiger partial charge < -0.3 is 10.1 Å². The minimum atomic E-state index is 0.0667. The van der Waals surface area contributed by atoms with E-state index in [1.807, 2.05) is 31.2 Å². The summed E-state index contributed by atoms with van der Waals surface area (Å²) in [4.78, 5) is 11.3. The van der Waals surface area contributed by atoms with Crippen molar-refractivity contribution in [2.45, 2.75) is 20.0 Å². The predicted molar refractivity (Wildman–Crippen MR) is 59.5 cm³/mol. The van der Waals surface area contributed by atoms with Crippen molar-refractivity contribution < 1.29 is 9.53 Å². The smallest absolute Gasteiger partial charge is 0.224 e. The molecule has 1 N–H and O–H groups in total. The number of ether oxygens (including phenoxy) is 1. The average Bonchev–Trinajstić information content (AvgIpc) is 2.22. The molecule has 0 heterocycles. The number of likely N-dealkylation sites (N-methyl/N-ethyl adjacent to an activating group) is 1. The fourth-order valence-electron chi connectivity index (χ4n) is 1.37. The summed E-state index contributed by atoms with van der Waals surface area (Å²) in [6.45, 7) is 3.21. The molecule has 3 heteroatoms. The predicted octanol–water partition coefficient (Wildman–Crippen LogP) is 1.51. The van der Waals surface area contributed by atoms with Gasteiger partial charge in [-0.25, -0.2) is 0 Å². The van der Waals surface area contributed by atoms with Crippen LogP contribution in [0.2, 0.25) is 0 Å². The molecule has 1 aromatic rings. The molecule has 3 nitrogen and oxygen atoms in total. The summed E-state index contributed by atoms with van der Waals surface area (Å²) in [5.74, 6) is 0.0667. The molecule has 0 aromatic heterocycles. The summed E-state index contributed by atoms with van der Waals surface area (Å²) in [6.07, 6.45) is 0.446. The third-order valence-corrected chi connectivity index (χ3v) is 2.07. The summed E-state index contributed by atoms with van der Waals surface area (Å²) in [7, 11) is 1.67. The summed E-state index contributed by atoms with van der Waals surface area (Å²) >= 11 is 0. The Hall–Kier alpha value is -1.35. The molecular formula is C12H17NO2. The Kier molecular flexibility index (Phi) is 4.84. The summed E-state index contributed by atoms with van der Waals surface area (Å²) in [6, 6.07) is 7.89. The van der Waals surface area contributed by atoms with Gasteiger partial charge in [-0.3, -0.25) is 4.79 Å². The first-order chi connectivity index (χ1) is 7.26. The molecular weight excluding hydrogens is 190 g/mol. The van der Waals surface area contributed by atoms with Gasteiger partial charge in [0.25, 0.3) is 0 Å². The molecule has 0 saturated carbocycles. The van der Waals surface area contributed by atoms with Crippen LogP contribution in [0.4, 0.5) is 0 Å². The summed E-state index contributed by atoms with van der Waals surface area (Å²) in [5, 5.41) is 2.77. The van der Waals surface area contributed by atoms with E-state index in [2.05, 4.69) is 5.32 Å². The molecule has 0 fully saturated rings. The lowest BCUT2D eigenvalue weighted by Crippen LogP contribution is -2.24. The first-order valence-electron chi connectivity index (χ1n) is 5.09. The van der Waals surface area contributed by atoms with E-state index in [4.69, 9.17) is 4.74 Å². The van der Waals surface area contributed by atoms with Crippen molar-refractivity contribution in [3.05, 3.63) is 35.4 Å². The van der Waals surface area contributed by atoms with Crippen LogP contribution in [0.15, 0.2) is 24.3 Å². The zero-order valence-electron chi connectivity index (χ0n) is 9.25. The normalized spacial score (nSPS) is 10.0. The van der Waals surface area contributed by atoms with E-state index in [0.717, 1.165) is 11.1 Å². The molecule has 1 rings (SSSR count). The number of carbonyl (C=O) groups is 1. The maximum absolute atomic E-state index is 11.3. The third-order valence-electron chi connectivity index (χ3n) is 2.07. The Bertz CT molecular complexity index is 306. The number of hydrogen-bond donors (Lipinski definition) is 1. The standard InChI is InChI=1S/C12H17NO2/c1-3-13-12(14)8-10-4-6-11(7-5-10)9-15-2/h4-7H,3,8-9H2,1-2H3,(H,13,14). The third kappa shape index (κ3) is 4.13. The highest BCUT2D eigenvalue weighted by Crippen LogP contribution is 2.06. The van der Waals surface area contributed by atoms with E-state index < -0.39 is 0 Å². The second kappa shape index (κ2) is 6.19. The molecule has 0 unspecified atom stereocenters. The van der Waals surface area contributed by atoms with Crippen LogP contribution < -0.4 is 5.32 Å². The highest BCUT2D eigenvalue weighted by molar-refractivity contribution is 5.78. The highest BCUT2D eigenvalue weighted by atomic mass is 16.5. The minimum absolute atomic E-state index is 0.0667. The van der Waals surface area contributed by atoms with Gasteiger partial charge in [0.2, 0.25) is 5.91 Å². The zero-order chi connectivity index (χ0) is 11.1. The van der Waals surface area contributed by atoms with Crippen molar-refractivity contribution in [3.8, 4) is 0 Å². The SMILES string of the molecule is CCNC(=O)Cc1ccc(COC)cc1. The van der Waals surface area contributed by atoms with Crippen LogP contribution in [0.5, 0.6) is 0 Å². The quantitative estimate of drug-likeness (QED) is 0.794. The van der Waals surface area contributed by atoms with Gasteiger partial charge in [0.1, 0.15) is 0 Å². The van der Waals surface area contributed by atoms with Gasteiger partial charge in [-0.1, -0.05) is 24.3 Å². The molecule has 0 spiro atoms. The van der Waals surface area contributed by atoms with Gasteiger partial charge in [0, 0.05) is 13.7 Å². The van der Waals surface area contributed by atoms with Crippen LogP contribution in [0.3, 0.4) is 0 Å². The van der Waals surface area contributed by atoms with Crippen molar-refractivity contribution in [3.63, 3.8) is 0 Å². The Balaban J connectivity index is 2.52. The summed E-state index contributed by atoms with van der Waals surface area (Å²) in [5.41, 5.74) is 2.15. The number of amides is 1. The first-order valence-corrected chi connectivity index (χ1v) is 5.09. The Labute approximate surface area is 90.4 Å². The van der Waals surface area contributed by atoms with Crippen LogP contribution in [0, 0.1) is 0 Å². The maximum Gasteiger partial charge on any atom is 0.224 e. The van der Waals surface area contributed by atoms with Crippen molar-refractivity contribution in [2.24, 2.45) is 0 Å². The molecule has 1 aromatic carbocycles. The van der Waals surface area contributed by atoms with Gasteiger partial charge in [-0.2, -0.15) is 0 Å². The Morgan fingerprint density at radius 1 is 1.27 bits per heavy atom. The lowest BCUT2D eigenvalue weighted by atomic mass is 10.1. The second-order valence-electron chi connectivity index (χ2n) is 3.38. The molecule has 1 amide bonds. The van der Waals surface area contributed by atoms with Gasteiger partial charge in [0.05, 0.1) is 13.0 Å². The van der Waals surface area contributed by atoms with E-state index in [0.29, 0.717) is 19.6 Å². The average molecular weight is 207 g/mol.